The topological polar surface area (TPSA) is 12.0 Å². The summed E-state index contributed by atoms with van der Waals surface area (Å²) in [7, 11) is 0. The van der Waals surface area contributed by atoms with E-state index >= 15 is 0 Å². The van der Waals surface area contributed by atoms with Crippen LogP contribution in [0.1, 0.15) is 35.1 Å². The highest BCUT2D eigenvalue weighted by Gasteiger charge is 2.37. The summed E-state index contributed by atoms with van der Waals surface area (Å²) in [6.45, 7) is 0. The van der Waals surface area contributed by atoms with Gasteiger partial charge in [0.25, 0.3) is 0 Å². The highest BCUT2D eigenvalue weighted by Crippen LogP contribution is 2.50. The molecule has 1 nitrogen and oxygen atoms in total. The van der Waals surface area contributed by atoms with Crippen molar-refractivity contribution >= 4 is 33.4 Å². The summed E-state index contributed by atoms with van der Waals surface area (Å²) in [5.74, 6) is 2.09. The predicted octanol–water partition coefficient (Wildman–Crippen LogP) is 7.57. The second-order valence-electron chi connectivity index (χ2n) is 7.55. The van der Waals surface area contributed by atoms with E-state index in [2.05, 4.69) is 106 Å². The van der Waals surface area contributed by atoms with E-state index in [4.69, 9.17) is 0 Å². The van der Waals surface area contributed by atoms with Gasteiger partial charge in [0.05, 0.1) is 6.04 Å². The molecule has 1 aliphatic carbocycles. The summed E-state index contributed by atoms with van der Waals surface area (Å²) >= 11 is 5.54. The zero-order valence-corrected chi connectivity index (χ0v) is 17.9. The molecule has 1 N–H and O–H groups in total. The molecule has 0 spiro atoms. The second kappa shape index (κ2) is 7.81. The number of halogens is 1. The van der Waals surface area contributed by atoms with Gasteiger partial charge in [-0.3, -0.25) is 0 Å². The van der Waals surface area contributed by atoms with Crippen LogP contribution in [0.25, 0.3) is 0 Å². The van der Waals surface area contributed by atoms with Gasteiger partial charge in [0, 0.05) is 26.7 Å². The molecule has 0 saturated heterocycles. The van der Waals surface area contributed by atoms with Gasteiger partial charge in [0.15, 0.2) is 0 Å². The quantitative estimate of drug-likeness (QED) is 0.326. The summed E-state index contributed by atoms with van der Waals surface area (Å²) < 4.78 is 1.15. The van der Waals surface area contributed by atoms with Gasteiger partial charge in [0.2, 0.25) is 0 Å². The number of benzene rings is 3. The minimum absolute atomic E-state index is 0.356. The number of hydrogen-bond acceptors (Lipinski definition) is 2. The summed E-state index contributed by atoms with van der Waals surface area (Å²) in [5, 5.41) is 3.85. The van der Waals surface area contributed by atoms with Crippen LogP contribution in [0.15, 0.2) is 94.3 Å². The van der Waals surface area contributed by atoms with E-state index in [0.717, 1.165) is 16.6 Å². The van der Waals surface area contributed by atoms with Crippen LogP contribution in [-0.2, 0) is 5.75 Å². The Bertz CT molecular complexity index is 1010. The number of nitrogens with one attached hydrogen (secondary N) is 1. The molecular weight excluding hydrogens is 426 g/mol. The lowest BCUT2D eigenvalue weighted by Crippen LogP contribution is -2.29. The van der Waals surface area contributed by atoms with Gasteiger partial charge < -0.3 is 5.32 Å². The van der Waals surface area contributed by atoms with Gasteiger partial charge in [-0.1, -0.05) is 70.5 Å². The molecule has 0 radical (unpaired) electrons. The molecule has 0 amide bonds. The van der Waals surface area contributed by atoms with Crippen LogP contribution in [0.4, 0.5) is 5.69 Å². The standard InChI is InChI=1S/C25H22BrNS/c26-19-7-4-6-18(15-19)25-22-11-5-10-21(22)23-14-17(12-13-24(23)27-25)16-28-20-8-2-1-3-9-20/h1-10,12-15,21-22,25,27H,11,16H2/t21-,22+,25+/m1/s1. The van der Waals surface area contributed by atoms with E-state index in [1.54, 1.807) is 0 Å². The highest BCUT2D eigenvalue weighted by atomic mass is 79.9. The Morgan fingerprint density at radius 3 is 2.71 bits per heavy atom. The van der Waals surface area contributed by atoms with Gasteiger partial charge in [0.1, 0.15) is 0 Å². The molecule has 2 aliphatic rings. The maximum absolute atomic E-state index is 3.85. The molecule has 0 unspecified atom stereocenters. The fraction of sp³-hybridized carbons (Fsp3) is 0.200. The van der Waals surface area contributed by atoms with Gasteiger partial charge >= 0.3 is 0 Å². The van der Waals surface area contributed by atoms with Crippen LogP contribution in [-0.4, -0.2) is 0 Å². The fourth-order valence-electron chi connectivity index (χ4n) is 4.45. The fourth-order valence-corrected chi connectivity index (χ4v) is 5.73. The Morgan fingerprint density at radius 2 is 1.86 bits per heavy atom. The molecule has 3 aromatic rings. The monoisotopic (exact) mass is 447 g/mol. The maximum Gasteiger partial charge on any atom is 0.0554 e. The van der Waals surface area contributed by atoms with Crippen molar-refractivity contribution in [2.75, 3.05) is 5.32 Å². The molecule has 1 heterocycles. The van der Waals surface area contributed by atoms with E-state index < -0.39 is 0 Å². The van der Waals surface area contributed by atoms with Crippen molar-refractivity contribution < 1.29 is 0 Å². The number of allylic oxidation sites excluding steroid dienone is 2. The zero-order valence-electron chi connectivity index (χ0n) is 15.5. The lowest BCUT2D eigenvalue weighted by Gasteiger charge is -2.38. The summed E-state index contributed by atoms with van der Waals surface area (Å²) in [6, 6.07) is 26.7. The van der Waals surface area contributed by atoms with Crippen LogP contribution >= 0.6 is 27.7 Å². The molecule has 3 atom stereocenters. The Hall–Kier alpha value is -1.97. The van der Waals surface area contributed by atoms with Crippen molar-refractivity contribution in [3.63, 3.8) is 0 Å². The normalized spacial score (nSPS) is 22.4. The molecule has 0 aromatic heterocycles. The lowest BCUT2D eigenvalue weighted by molar-refractivity contribution is 0.425. The summed E-state index contributed by atoms with van der Waals surface area (Å²) in [5.41, 5.74) is 5.50. The minimum Gasteiger partial charge on any atom is -0.378 e. The van der Waals surface area contributed by atoms with Crippen molar-refractivity contribution in [1.29, 1.82) is 0 Å². The summed E-state index contributed by atoms with van der Waals surface area (Å²) in [6.07, 6.45) is 5.92. The van der Waals surface area contributed by atoms with E-state index in [1.165, 1.54) is 27.3 Å². The molecule has 0 saturated carbocycles. The molecule has 0 bridgehead atoms. The van der Waals surface area contributed by atoms with Gasteiger partial charge in [-0.2, -0.15) is 0 Å². The maximum atomic E-state index is 3.85. The molecule has 3 heteroatoms. The first kappa shape index (κ1) is 18.1. The molecule has 0 fully saturated rings. The van der Waals surface area contributed by atoms with Crippen molar-refractivity contribution in [2.45, 2.75) is 29.0 Å². The SMILES string of the molecule is Brc1cccc([C@@H]2Nc3ccc(CSc4ccccc4)cc3[C@@H]3C=CC[C@@H]32)c1. The zero-order chi connectivity index (χ0) is 18.9. The van der Waals surface area contributed by atoms with Gasteiger partial charge in [-0.15, -0.1) is 11.8 Å². The van der Waals surface area contributed by atoms with Gasteiger partial charge in [-0.05, 0) is 59.4 Å². The number of hydrogen-bond donors (Lipinski definition) is 1. The minimum atomic E-state index is 0.356. The Labute approximate surface area is 179 Å². The Balaban J connectivity index is 1.42. The van der Waals surface area contributed by atoms with Gasteiger partial charge in [-0.25, -0.2) is 0 Å². The van der Waals surface area contributed by atoms with Crippen LogP contribution in [0.3, 0.4) is 0 Å². The first-order valence-electron chi connectivity index (χ1n) is 9.77. The third kappa shape index (κ3) is 3.54. The van der Waals surface area contributed by atoms with Crippen molar-refractivity contribution in [3.8, 4) is 0 Å². The van der Waals surface area contributed by atoms with E-state index in [0.29, 0.717) is 17.9 Å². The smallest absolute Gasteiger partial charge is 0.0554 e. The third-order valence-electron chi connectivity index (χ3n) is 5.78. The average Bonchev–Trinajstić information content (AvgIpc) is 3.23. The second-order valence-corrected chi connectivity index (χ2v) is 9.52. The third-order valence-corrected chi connectivity index (χ3v) is 7.36. The lowest BCUT2D eigenvalue weighted by atomic mass is 9.77. The predicted molar refractivity (Wildman–Crippen MR) is 123 cm³/mol. The number of anilines is 1. The highest BCUT2D eigenvalue weighted by molar-refractivity contribution is 9.10. The molecule has 3 aromatic carbocycles. The Morgan fingerprint density at radius 1 is 0.964 bits per heavy atom. The van der Waals surface area contributed by atoms with Crippen LogP contribution in [0.5, 0.6) is 0 Å². The van der Waals surface area contributed by atoms with Crippen molar-refractivity contribution in [2.24, 2.45) is 5.92 Å². The Kier molecular flexibility index (Phi) is 5.04. The van der Waals surface area contributed by atoms with Crippen molar-refractivity contribution in [1.82, 2.24) is 0 Å². The largest absolute Gasteiger partial charge is 0.378 e. The summed E-state index contributed by atoms with van der Waals surface area (Å²) in [4.78, 5) is 1.33. The van der Waals surface area contributed by atoms with Crippen molar-refractivity contribution in [3.05, 3.63) is 106 Å². The molecule has 28 heavy (non-hydrogen) atoms. The first-order chi connectivity index (χ1) is 13.8. The van der Waals surface area contributed by atoms with E-state index in [9.17, 15) is 0 Å². The average molecular weight is 448 g/mol. The van der Waals surface area contributed by atoms with E-state index in [-0.39, 0.29) is 0 Å². The molecular formula is C25H22BrNS. The van der Waals surface area contributed by atoms with Crippen LogP contribution in [0, 0.1) is 5.92 Å². The van der Waals surface area contributed by atoms with Crippen LogP contribution in [0.2, 0.25) is 0 Å². The molecule has 140 valence electrons. The number of fused-ring (bicyclic) bond motifs is 3. The number of rotatable bonds is 4. The molecule has 5 rings (SSSR count). The first-order valence-corrected chi connectivity index (χ1v) is 11.5. The molecule has 1 aliphatic heterocycles. The number of thioether (sulfide) groups is 1. The van der Waals surface area contributed by atoms with E-state index in [1.807, 2.05) is 11.8 Å². The van der Waals surface area contributed by atoms with Crippen LogP contribution < -0.4 is 5.32 Å².